The van der Waals surface area contributed by atoms with Crippen LogP contribution in [0.25, 0.3) is 0 Å². The molecule has 1 atom stereocenters. The molecule has 1 fully saturated rings. The first-order chi connectivity index (χ1) is 13.5. The van der Waals surface area contributed by atoms with E-state index in [0.717, 1.165) is 27.9 Å². The van der Waals surface area contributed by atoms with Crippen molar-refractivity contribution in [3.05, 3.63) is 58.6 Å². The molecule has 28 heavy (non-hydrogen) atoms. The average molecular weight is 458 g/mol. The van der Waals surface area contributed by atoms with E-state index in [2.05, 4.69) is 44.8 Å². The molecule has 0 radical (unpaired) electrons. The van der Waals surface area contributed by atoms with Gasteiger partial charge in [-0.15, -0.1) is 11.8 Å². The third-order valence-electron chi connectivity index (χ3n) is 5.06. The highest BCUT2D eigenvalue weighted by Gasteiger charge is 2.38. The second-order valence-corrected chi connectivity index (χ2v) is 9.16. The molecule has 1 aliphatic carbocycles. The molecule has 1 saturated carbocycles. The fraction of sp³-hybridized carbons (Fsp3) is 0.364. The van der Waals surface area contributed by atoms with Crippen LogP contribution in [-0.4, -0.2) is 18.2 Å². The number of para-hydroxylation sites is 1. The van der Waals surface area contributed by atoms with Gasteiger partial charge < -0.3 is 5.32 Å². The van der Waals surface area contributed by atoms with Crippen LogP contribution in [0.3, 0.4) is 0 Å². The van der Waals surface area contributed by atoms with Gasteiger partial charge in [0.1, 0.15) is 0 Å². The number of nitriles is 1. The van der Waals surface area contributed by atoms with E-state index < -0.39 is 0 Å². The molecular formula is C22H24BrN3OS. The van der Waals surface area contributed by atoms with E-state index in [4.69, 9.17) is 5.26 Å². The first-order valence-corrected chi connectivity index (χ1v) is 11.2. The quantitative estimate of drug-likeness (QED) is 0.527. The lowest BCUT2D eigenvalue weighted by Gasteiger charge is -2.43. The number of thioether (sulfide) groups is 1. The first-order valence-electron chi connectivity index (χ1n) is 9.45. The standard InChI is InChI=1S/C22H24BrN3OS/c1-16(13-24)15-28-20-6-3-2-5-19(20)26-21(27)14-25-22(11-4-12-22)17-7-9-18(23)10-8-17/h2-3,5-10,16,25H,4,11-12,14-15H2,1H3,(H,26,27). The molecule has 6 heteroatoms. The fourth-order valence-electron chi connectivity index (χ4n) is 3.26. The minimum Gasteiger partial charge on any atom is -0.324 e. The Morgan fingerprint density at radius 2 is 1.96 bits per heavy atom. The predicted octanol–water partition coefficient (Wildman–Crippen LogP) is 5.31. The molecule has 1 aliphatic rings. The van der Waals surface area contributed by atoms with Crippen LogP contribution in [0.2, 0.25) is 0 Å². The highest BCUT2D eigenvalue weighted by molar-refractivity contribution is 9.10. The molecule has 3 rings (SSSR count). The van der Waals surface area contributed by atoms with Gasteiger partial charge in [-0.25, -0.2) is 0 Å². The summed E-state index contributed by atoms with van der Waals surface area (Å²) in [5, 5.41) is 15.5. The Kier molecular flexibility index (Phi) is 7.17. The summed E-state index contributed by atoms with van der Waals surface area (Å²) in [5.41, 5.74) is 1.93. The Morgan fingerprint density at radius 1 is 1.25 bits per heavy atom. The van der Waals surface area contributed by atoms with Crippen LogP contribution in [-0.2, 0) is 10.3 Å². The first kappa shape index (κ1) is 20.9. The molecular weight excluding hydrogens is 434 g/mol. The average Bonchev–Trinajstić information content (AvgIpc) is 2.67. The molecule has 0 aromatic heterocycles. The number of benzene rings is 2. The van der Waals surface area contributed by atoms with Gasteiger partial charge in [0.05, 0.1) is 24.2 Å². The van der Waals surface area contributed by atoms with Gasteiger partial charge in [0.25, 0.3) is 0 Å². The molecule has 1 amide bonds. The summed E-state index contributed by atoms with van der Waals surface area (Å²) in [6, 6.07) is 18.3. The van der Waals surface area contributed by atoms with E-state index >= 15 is 0 Å². The van der Waals surface area contributed by atoms with E-state index in [0.29, 0.717) is 5.75 Å². The lowest BCUT2D eigenvalue weighted by Crippen LogP contribution is -2.50. The third kappa shape index (κ3) is 5.16. The molecule has 2 aromatic carbocycles. The van der Waals surface area contributed by atoms with E-state index in [1.165, 1.54) is 12.0 Å². The van der Waals surface area contributed by atoms with Gasteiger partial charge in [-0.1, -0.05) is 40.2 Å². The molecule has 0 saturated heterocycles. The minimum atomic E-state index is -0.103. The van der Waals surface area contributed by atoms with Crippen LogP contribution in [0.5, 0.6) is 0 Å². The van der Waals surface area contributed by atoms with Crippen molar-refractivity contribution in [2.75, 3.05) is 17.6 Å². The Labute approximate surface area is 179 Å². The smallest absolute Gasteiger partial charge is 0.238 e. The number of halogens is 1. The highest BCUT2D eigenvalue weighted by Crippen LogP contribution is 2.41. The van der Waals surface area contributed by atoms with Crippen molar-refractivity contribution in [1.82, 2.24) is 5.32 Å². The van der Waals surface area contributed by atoms with Crippen LogP contribution >= 0.6 is 27.7 Å². The molecule has 0 bridgehead atoms. The number of nitrogens with zero attached hydrogens (tertiary/aromatic N) is 1. The maximum absolute atomic E-state index is 12.6. The lowest BCUT2D eigenvalue weighted by atomic mass is 9.72. The van der Waals surface area contributed by atoms with Crippen molar-refractivity contribution >= 4 is 39.3 Å². The van der Waals surface area contributed by atoms with E-state index in [-0.39, 0.29) is 23.9 Å². The summed E-state index contributed by atoms with van der Waals surface area (Å²) in [6.45, 7) is 2.17. The van der Waals surface area contributed by atoms with Gasteiger partial charge in [0, 0.05) is 20.7 Å². The van der Waals surface area contributed by atoms with Crippen LogP contribution in [0.4, 0.5) is 5.69 Å². The normalized spacial score (nSPS) is 15.9. The molecule has 4 nitrogen and oxygen atoms in total. The topological polar surface area (TPSA) is 64.9 Å². The van der Waals surface area contributed by atoms with Gasteiger partial charge in [0.15, 0.2) is 0 Å². The summed E-state index contributed by atoms with van der Waals surface area (Å²) in [5.74, 6) is 0.624. The Balaban J connectivity index is 1.60. The van der Waals surface area contributed by atoms with Crippen LogP contribution in [0.1, 0.15) is 31.7 Å². The van der Waals surface area contributed by atoms with Crippen molar-refractivity contribution in [1.29, 1.82) is 5.26 Å². The van der Waals surface area contributed by atoms with Crippen molar-refractivity contribution in [3.63, 3.8) is 0 Å². The number of hydrogen-bond acceptors (Lipinski definition) is 4. The molecule has 146 valence electrons. The number of hydrogen-bond donors (Lipinski definition) is 2. The number of carbonyl (C=O) groups excluding carboxylic acids is 1. The maximum Gasteiger partial charge on any atom is 0.238 e. The van der Waals surface area contributed by atoms with Crippen molar-refractivity contribution < 1.29 is 4.79 Å². The summed E-state index contributed by atoms with van der Waals surface area (Å²) in [4.78, 5) is 13.6. The zero-order chi connectivity index (χ0) is 20.0. The Morgan fingerprint density at radius 3 is 2.61 bits per heavy atom. The Bertz CT molecular complexity index is 859. The van der Waals surface area contributed by atoms with Crippen molar-refractivity contribution in [2.24, 2.45) is 5.92 Å². The van der Waals surface area contributed by atoms with Crippen molar-refractivity contribution in [2.45, 2.75) is 36.6 Å². The minimum absolute atomic E-state index is 0.0280. The zero-order valence-corrected chi connectivity index (χ0v) is 18.3. The molecule has 2 N–H and O–H groups in total. The molecule has 0 spiro atoms. The monoisotopic (exact) mass is 457 g/mol. The lowest BCUT2D eigenvalue weighted by molar-refractivity contribution is -0.116. The summed E-state index contributed by atoms with van der Waals surface area (Å²) in [7, 11) is 0. The van der Waals surface area contributed by atoms with Gasteiger partial charge in [-0.2, -0.15) is 5.26 Å². The van der Waals surface area contributed by atoms with Crippen molar-refractivity contribution in [3.8, 4) is 6.07 Å². The Hall–Kier alpha value is -1.81. The number of amides is 1. The third-order valence-corrected chi connectivity index (χ3v) is 6.92. The largest absolute Gasteiger partial charge is 0.324 e. The summed E-state index contributed by atoms with van der Waals surface area (Å²) in [6.07, 6.45) is 3.25. The maximum atomic E-state index is 12.6. The SMILES string of the molecule is CC(C#N)CSc1ccccc1NC(=O)CNC1(c2ccc(Br)cc2)CCC1. The van der Waals surface area contributed by atoms with Gasteiger partial charge >= 0.3 is 0 Å². The van der Waals surface area contributed by atoms with E-state index in [1.807, 2.05) is 43.3 Å². The number of nitrogens with one attached hydrogen (secondary N) is 2. The van der Waals surface area contributed by atoms with Crippen LogP contribution < -0.4 is 10.6 Å². The second-order valence-electron chi connectivity index (χ2n) is 7.18. The zero-order valence-electron chi connectivity index (χ0n) is 15.9. The van der Waals surface area contributed by atoms with E-state index in [1.54, 1.807) is 11.8 Å². The molecule has 1 unspecified atom stereocenters. The molecule has 0 heterocycles. The van der Waals surface area contributed by atoms with E-state index in [9.17, 15) is 4.79 Å². The van der Waals surface area contributed by atoms with Gasteiger partial charge in [-0.05, 0) is 56.0 Å². The van der Waals surface area contributed by atoms with Crippen LogP contribution in [0.15, 0.2) is 57.9 Å². The molecule has 2 aromatic rings. The summed E-state index contributed by atoms with van der Waals surface area (Å²) < 4.78 is 1.06. The number of carbonyl (C=O) groups is 1. The predicted molar refractivity (Wildman–Crippen MR) is 118 cm³/mol. The van der Waals surface area contributed by atoms with Crippen LogP contribution in [0, 0.1) is 17.2 Å². The highest BCUT2D eigenvalue weighted by atomic mass is 79.9. The molecule has 0 aliphatic heterocycles. The fourth-order valence-corrected chi connectivity index (χ4v) is 4.48. The second kappa shape index (κ2) is 9.60. The van der Waals surface area contributed by atoms with Gasteiger partial charge in [-0.3, -0.25) is 10.1 Å². The number of anilines is 1. The summed E-state index contributed by atoms with van der Waals surface area (Å²) >= 11 is 5.08. The number of rotatable bonds is 8. The van der Waals surface area contributed by atoms with Gasteiger partial charge in [0.2, 0.25) is 5.91 Å².